The van der Waals surface area contributed by atoms with E-state index >= 15 is 0 Å². The summed E-state index contributed by atoms with van der Waals surface area (Å²) in [5.74, 6) is -0.673. The molecule has 1 heterocycles. The lowest BCUT2D eigenvalue weighted by molar-refractivity contribution is -0.388. The van der Waals surface area contributed by atoms with E-state index in [1.807, 2.05) is 0 Å². The van der Waals surface area contributed by atoms with Crippen LogP contribution in [0, 0.1) is 10.1 Å². The van der Waals surface area contributed by atoms with E-state index in [0.717, 1.165) is 23.3 Å². The number of amides is 3. The molecule has 7 nitrogen and oxygen atoms in total. The summed E-state index contributed by atoms with van der Waals surface area (Å²) in [5, 5.41) is 10.9. The Labute approximate surface area is 173 Å². The number of anilines is 1. The number of halogens is 4. The summed E-state index contributed by atoms with van der Waals surface area (Å²) in [6.07, 6.45) is -2.53. The first-order valence-electron chi connectivity index (χ1n) is 8.50. The maximum Gasteiger partial charge on any atom is 0.423 e. The van der Waals surface area contributed by atoms with Gasteiger partial charge in [0.15, 0.2) is 0 Å². The van der Waals surface area contributed by atoms with E-state index < -0.39 is 39.8 Å². The molecule has 1 aromatic rings. The number of alkyl halides is 4. The molecule has 1 saturated heterocycles. The van der Waals surface area contributed by atoms with E-state index in [4.69, 9.17) is 0 Å². The van der Waals surface area contributed by atoms with Crippen molar-refractivity contribution in [2.45, 2.75) is 44.8 Å². The molecule has 0 radical (unpaired) electrons. The Morgan fingerprint density at radius 1 is 1.18 bits per heavy atom. The van der Waals surface area contributed by atoms with Crippen LogP contribution in [0.25, 0.3) is 0 Å². The molecule has 0 unspecified atom stereocenters. The topological polar surface area (TPSA) is 83.8 Å². The highest BCUT2D eigenvalue weighted by atomic mass is 127. The molecule has 0 N–H and O–H groups in total. The summed E-state index contributed by atoms with van der Waals surface area (Å²) >= 11 is 2.23. The largest absolute Gasteiger partial charge is 0.423 e. The summed E-state index contributed by atoms with van der Waals surface area (Å²) in [7, 11) is 0. The minimum atomic E-state index is -5.00. The van der Waals surface area contributed by atoms with Gasteiger partial charge in [-0.25, -0.2) is 9.69 Å². The molecule has 0 spiro atoms. The number of carbonyl (C=O) groups excluding carboxylic acids is 2. The van der Waals surface area contributed by atoms with Crippen LogP contribution in [-0.4, -0.2) is 38.3 Å². The van der Waals surface area contributed by atoms with Crippen molar-refractivity contribution in [1.29, 1.82) is 0 Å². The SMILES string of the molecule is CC1(C)C(=O)N(c2ccc([N+](=O)[O-])c(C(F)(F)F)c2)C(=O)N1CCCCCI. The van der Waals surface area contributed by atoms with Gasteiger partial charge in [0.2, 0.25) is 0 Å². The Morgan fingerprint density at radius 2 is 1.82 bits per heavy atom. The zero-order valence-electron chi connectivity index (χ0n) is 15.3. The predicted molar refractivity (Wildman–Crippen MR) is 105 cm³/mol. The number of hydrogen-bond acceptors (Lipinski definition) is 4. The first-order chi connectivity index (χ1) is 12.9. The predicted octanol–water partition coefficient (Wildman–Crippen LogP) is 4.77. The first kappa shape index (κ1) is 22.4. The van der Waals surface area contributed by atoms with Crippen LogP contribution in [0.4, 0.5) is 29.3 Å². The fourth-order valence-corrected chi connectivity index (χ4v) is 3.57. The molecule has 0 atom stereocenters. The lowest BCUT2D eigenvalue weighted by atomic mass is 10.0. The number of hydrogen-bond donors (Lipinski definition) is 0. The molecule has 1 aromatic carbocycles. The number of carbonyl (C=O) groups is 2. The zero-order valence-corrected chi connectivity index (χ0v) is 17.4. The molecule has 0 saturated carbocycles. The molecular weight excluding hydrogens is 494 g/mol. The summed E-state index contributed by atoms with van der Waals surface area (Å²) in [4.78, 5) is 37.3. The number of nitrogens with zero attached hydrogens (tertiary/aromatic N) is 3. The van der Waals surface area contributed by atoms with Crippen molar-refractivity contribution in [2.24, 2.45) is 0 Å². The number of rotatable bonds is 7. The van der Waals surface area contributed by atoms with Crippen LogP contribution in [-0.2, 0) is 11.0 Å². The fourth-order valence-electron chi connectivity index (χ4n) is 3.03. The number of unbranched alkanes of at least 4 members (excludes halogenated alkanes) is 2. The van der Waals surface area contributed by atoms with Crippen LogP contribution in [0.5, 0.6) is 0 Å². The number of nitro benzene ring substituents is 1. The Bertz CT molecular complexity index is 798. The van der Waals surface area contributed by atoms with Gasteiger partial charge in [-0.15, -0.1) is 0 Å². The van der Waals surface area contributed by atoms with Gasteiger partial charge in [-0.05, 0) is 43.2 Å². The van der Waals surface area contributed by atoms with E-state index in [1.54, 1.807) is 0 Å². The number of benzene rings is 1. The van der Waals surface area contributed by atoms with E-state index in [1.165, 1.54) is 18.7 Å². The average Bonchev–Trinajstić information content (AvgIpc) is 2.76. The Kier molecular flexibility index (Phi) is 6.56. The number of urea groups is 1. The van der Waals surface area contributed by atoms with Gasteiger partial charge >= 0.3 is 12.2 Å². The molecular formula is C17H19F3IN3O4. The zero-order chi connectivity index (χ0) is 21.3. The number of nitro groups is 1. The van der Waals surface area contributed by atoms with Gasteiger partial charge in [-0.2, -0.15) is 13.2 Å². The maximum absolute atomic E-state index is 13.2. The van der Waals surface area contributed by atoms with E-state index in [0.29, 0.717) is 30.0 Å². The van der Waals surface area contributed by atoms with Crippen molar-refractivity contribution in [3.8, 4) is 0 Å². The standard InChI is InChI=1S/C17H19F3IN3O4/c1-16(2)14(25)23(15(26)22(16)9-5-3-4-8-21)11-6-7-13(24(27)28)12(10-11)17(18,19)20/h6-7,10H,3-5,8-9H2,1-2H3. The quantitative estimate of drug-likeness (QED) is 0.131. The summed E-state index contributed by atoms with van der Waals surface area (Å²) in [6, 6.07) is 1.39. The molecule has 11 heteroatoms. The molecule has 0 bridgehead atoms. The first-order valence-corrected chi connectivity index (χ1v) is 10.0. The van der Waals surface area contributed by atoms with E-state index in [2.05, 4.69) is 22.6 Å². The summed E-state index contributed by atoms with van der Waals surface area (Å²) < 4.78 is 40.7. The van der Waals surface area contributed by atoms with Crippen molar-refractivity contribution in [1.82, 2.24) is 4.90 Å². The van der Waals surface area contributed by atoms with Crippen molar-refractivity contribution >= 4 is 45.9 Å². The smallest absolute Gasteiger partial charge is 0.310 e. The van der Waals surface area contributed by atoms with Gasteiger partial charge in [0, 0.05) is 12.6 Å². The molecule has 1 aliphatic rings. The molecule has 1 aliphatic heterocycles. The van der Waals surface area contributed by atoms with Crippen LogP contribution >= 0.6 is 22.6 Å². The van der Waals surface area contributed by atoms with Crippen LogP contribution in [0.15, 0.2) is 18.2 Å². The van der Waals surface area contributed by atoms with Gasteiger partial charge in [0.05, 0.1) is 10.6 Å². The van der Waals surface area contributed by atoms with Gasteiger partial charge in [0.1, 0.15) is 11.1 Å². The van der Waals surface area contributed by atoms with Crippen LogP contribution < -0.4 is 4.90 Å². The van der Waals surface area contributed by atoms with Crippen molar-refractivity contribution in [3.05, 3.63) is 33.9 Å². The van der Waals surface area contributed by atoms with Crippen molar-refractivity contribution in [3.63, 3.8) is 0 Å². The third-order valence-corrected chi connectivity index (χ3v) is 5.34. The fraction of sp³-hybridized carbons (Fsp3) is 0.529. The molecule has 0 aliphatic carbocycles. The third-order valence-electron chi connectivity index (χ3n) is 4.58. The van der Waals surface area contributed by atoms with E-state index in [-0.39, 0.29) is 5.69 Å². The second kappa shape index (κ2) is 8.21. The molecule has 1 fully saturated rings. The highest BCUT2D eigenvalue weighted by Gasteiger charge is 2.52. The van der Waals surface area contributed by atoms with Crippen molar-refractivity contribution < 1.29 is 27.7 Å². The minimum absolute atomic E-state index is 0.295. The molecule has 3 amide bonds. The van der Waals surface area contributed by atoms with Crippen LogP contribution in [0.3, 0.4) is 0 Å². The van der Waals surface area contributed by atoms with Crippen LogP contribution in [0.2, 0.25) is 0 Å². The Morgan fingerprint density at radius 3 is 2.36 bits per heavy atom. The average molecular weight is 513 g/mol. The Balaban J connectivity index is 2.40. The normalized spacial score (nSPS) is 16.8. The lowest BCUT2D eigenvalue weighted by Gasteiger charge is -2.27. The molecule has 154 valence electrons. The molecule has 2 rings (SSSR count). The third kappa shape index (κ3) is 4.23. The second-order valence-corrected chi connectivity index (χ2v) is 7.92. The number of imide groups is 1. The van der Waals surface area contributed by atoms with Gasteiger partial charge in [-0.1, -0.05) is 29.0 Å². The van der Waals surface area contributed by atoms with E-state index in [9.17, 15) is 32.9 Å². The summed E-state index contributed by atoms with van der Waals surface area (Å²) in [5.41, 5.74) is -4.20. The summed E-state index contributed by atoms with van der Waals surface area (Å²) in [6.45, 7) is 3.35. The highest BCUT2D eigenvalue weighted by Crippen LogP contribution is 2.40. The van der Waals surface area contributed by atoms with Crippen molar-refractivity contribution in [2.75, 3.05) is 15.9 Å². The van der Waals surface area contributed by atoms with Gasteiger partial charge in [0.25, 0.3) is 11.6 Å². The van der Waals surface area contributed by atoms with Crippen LogP contribution in [0.1, 0.15) is 38.7 Å². The molecule has 0 aromatic heterocycles. The second-order valence-electron chi connectivity index (χ2n) is 6.84. The van der Waals surface area contributed by atoms with Gasteiger partial charge in [-0.3, -0.25) is 14.9 Å². The lowest BCUT2D eigenvalue weighted by Crippen LogP contribution is -2.44. The minimum Gasteiger partial charge on any atom is -0.310 e. The maximum atomic E-state index is 13.2. The monoisotopic (exact) mass is 513 g/mol. The molecule has 28 heavy (non-hydrogen) atoms. The van der Waals surface area contributed by atoms with Gasteiger partial charge < -0.3 is 4.90 Å². The Hall–Kier alpha value is -1.92. The highest BCUT2D eigenvalue weighted by molar-refractivity contribution is 14.1.